The van der Waals surface area contributed by atoms with Gasteiger partial charge in [0.2, 0.25) is 0 Å². The molecule has 5 heteroatoms. The molecule has 3 aromatic rings. The molecule has 0 spiro atoms. The van der Waals surface area contributed by atoms with Crippen LogP contribution in [0, 0.1) is 6.92 Å². The van der Waals surface area contributed by atoms with Crippen LogP contribution < -0.4 is 0 Å². The number of sulfone groups is 1. The zero-order valence-corrected chi connectivity index (χ0v) is 13.9. The van der Waals surface area contributed by atoms with E-state index in [0.717, 1.165) is 11.1 Å². The molecule has 0 saturated carbocycles. The number of benzene rings is 2. The molecular weight excluding hydrogens is 324 g/mol. The van der Waals surface area contributed by atoms with Crippen LogP contribution in [-0.2, 0) is 15.6 Å². The minimum Gasteiger partial charge on any atom is -0.453 e. The summed E-state index contributed by atoms with van der Waals surface area (Å²) in [7, 11) is -3.38. The second kappa shape index (κ2) is 6.45. The van der Waals surface area contributed by atoms with Gasteiger partial charge in [-0.1, -0.05) is 42.0 Å². The molecule has 0 aliphatic heterocycles. The Kier molecular flexibility index (Phi) is 4.36. The molecular formula is C19H16O4S. The first-order valence-corrected chi connectivity index (χ1v) is 9.07. The molecule has 1 heterocycles. The van der Waals surface area contributed by atoms with Crippen molar-refractivity contribution in [3.63, 3.8) is 0 Å². The first-order valence-electron chi connectivity index (χ1n) is 7.42. The lowest BCUT2D eigenvalue weighted by molar-refractivity contribution is 0.110. The molecule has 0 saturated heterocycles. The molecule has 3 rings (SSSR count). The maximum atomic E-state index is 12.5. The van der Waals surface area contributed by atoms with Gasteiger partial charge in [-0.05, 0) is 36.8 Å². The van der Waals surface area contributed by atoms with Crippen molar-refractivity contribution in [1.82, 2.24) is 0 Å². The maximum absolute atomic E-state index is 12.5. The van der Waals surface area contributed by atoms with E-state index < -0.39 is 9.84 Å². The highest BCUT2D eigenvalue weighted by atomic mass is 32.2. The van der Waals surface area contributed by atoms with Gasteiger partial charge in [0, 0.05) is 5.56 Å². The van der Waals surface area contributed by atoms with Gasteiger partial charge in [-0.15, -0.1) is 0 Å². The highest BCUT2D eigenvalue weighted by Crippen LogP contribution is 2.23. The molecule has 0 bridgehead atoms. The Bertz CT molecular complexity index is 949. The van der Waals surface area contributed by atoms with E-state index in [2.05, 4.69) is 0 Å². The van der Waals surface area contributed by atoms with Crippen LogP contribution >= 0.6 is 0 Å². The molecule has 24 heavy (non-hydrogen) atoms. The normalized spacial score (nSPS) is 11.4. The van der Waals surface area contributed by atoms with Gasteiger partial charge in [0.15, 0.2) is 21.9 Å². The molecule has 2 aromatic carbocycles. The average Bonchev–Trinajstić information content (AvgIpc) is 3.05. The SMILES string of the molecule is Cc1ccc(S(=O)(=O)Cc2ccc(-c3ccc(C=O)o3)cc2)cc1. The zero-order chi connectivity index (χ0) is 17.2. The molecule has 1 aromatic heterocycles. The fourth-order valence-corrected chi connectivity index (χ4v) is 3.73. The van der Waals surface area contributed by atoms with E-state index >= 15 is 0 Å². The second-order valence-corrected chi connectivity index (χ2v) is 7.58. The molecule has 4 nitrogen and oxygen atoms in total. The van der Waals surface area contributed by atoms with Crippen molar-refractivity contribution in [3.05, 3.63) is 77.6 Å². The van der Waals surface area contributed by atoms with E-state index in [-0.39, 0.29) is 11.5 Å². The summed E-state index contributed by atoms with van der Waals surface area (Å²) in [5.41, 5.74) is 2.51. The molecule has 0 atom stereocenters. The van der Waals surface area contributed by atoms with Gasteiger partial charge in [0.1, 0.15) is 5.76 Å². The summed E-state index contributed by atoms with van der Waals surface area (Å²) in [5.74, 6) is 0.773. The van der Waals surface area contributed by atoms with Crippen LogP contribution in [0.3, 0.4) is 0 Å². The van der Waals surface area contributed by atoms with Crippen molar-refractivity contribution in [2.24, 2.45) is 0 Å². The van der Waals surface area contributed by atoms with Crippen molar-refractivity contribution in [1.29, 1.82) is 0 Å². The molecule has 0 aliphatic carbocycles. The summed E-state index contributed by atoms with van der Waals surface area (Å²) in [6.45, 7) is 1.92. The summed E-state index contributed by atoms with van der Waals surface area (Å²) in [6, 6.07) is 17.2. The number of carbonyl (C=O) groups is 1. The smallest absolute Gasteiger partial charge is 0.185 e. The van der Waals surface area contributed by atoms with Gasteiger partial charge < -0.3 is 4.42 Å². The van der Waals surface area contributed by atoms with E-state index in [4.69, 9.17) is 4.42 Å². The Balaban J connectivity index is 1.80. The molecule has 0 amide bonds. The first-order chi connectivity index (χ1) is 11.5. The maximum Gasteiger partial charge on any atom is 0.185 e. The van der Waals surface area contributed by atoms with E-state index in [1.54, 1.807) is 60.7 Å². The van der Waals surface area contributed by atoms with E-state index in [1.807, 2.05) is 6.92 Å². The molecule has 0 aliphatic rings. The first kappa shape index (κ1) is 16.2. The van der Waals surface area contributed by atoms with Crippen LogP contribution in [-0.4, -0.2) is 14.7 Å². The van der Waals surface area contributed by atoms with Crippen molar-refractivity contribution in [2.45, 2.75) is 17.6 Å². The number of hydrogen-bond donors (Lipinski definition) is 0. The number of hydrogen-bond acceptors (Lipinski definition) is 4. The number of carbonyl (C=O) groups excluding carboxylic acids is 1. The quantitative estimate of drug-likeness (QED) is 0.658. The Hall–Kier alpha value is -2.66. The Morgan fingerprint density at radius 1 is 0.917 bits per heavy atom. The van der Waals surface area contributed by atoms with Gasteiger partial charge >= 0.3 is 0 Å². The summed E-state index contributed by atoms with van der Waals surface area (Å²) < 4.78 is 30.3. The zero-order valence-electron chi connectivity index (χ0n) is 13.1. The third kappa shape index (κ3) is 3.46. The number of rotatable bonds is 5. The minimum atomic E-state index is -3.38. The second-order valence-electron chi connectivity index (χ2n) is 5.59. The summed E-state index contributed by atoms with van der Waals surface area (Å²) in [5, 5.41) is 0. The van der Waals surface area contributed by atoms with E-state index in [9.17, 15) is 13.2 Å². The van der Waals surface area contributed by atoms with E-state index in [0.29, 0.717) is 22.5 Å². The molecule has 0 N–H and O–H groups in total. The Labute approximate surface area is 140 Å². The number of furan rings is 1. The minimum absolute atomic E-state index is 0.0614. The highest BCUT2D eigenvalue weighted by molar-refractivity contribution is 7.90. The molecule has 0 unspecified atom stereocenters. The molecule has 122 valence electrons. The predicted molar refractivity (Wildman–Crippen MR) is 91.6 cm³/mol. The molecule has 0 fully saturated rings. The third-order valence-electron chi connectivity index (χ3n) is 3.72. The largest absolute Gasteiger partial charge is 0.453 e. The topological polar surface area (TPSA) is 64.3 Å². The van der Waals surface area contributed by atoms with Crippen LogP contribution in [0.4, 0.5) is 0 Å². The third-order valence-corrected chi connectivity index (χ3v) is 5.42. The average molecular weight is 340 g/mol. The van der Waals surface area contributed by atoms with Crippen LogP contribution in [0.25, 0.3) is 11.3 Å². The van der Waals surface area contributed by atoms with Gasteiger partial charge in [-0.25, -0.2) is 8.42 Å². The van der Waals surface area contributed by atoms with Crippen LogP contribution in [0.1, 0.15) is 21.7 Å². The van der Waals surface area contributed by atoms with Crippen molar-refractivity contribution >= 4 is 16.1 Å². The number of aryl methyl sites for hydroxylation is 1. The van der Waals surface area contributed by atoms with Crippen molar-refractivity contribution < 1.29 is 17.6 Å². The Morgan fingerprint density at radius 3 is 2.17 bits per heavy atom. The lowest BCUT2D eigenvalue weighted by Gasteiger charge is -2.06. The van der Waals surface area contributed by atoms with Crippen LogP contribution in [0.15, 0.2) is 70.0 Å². The summed E-state index contributed by atoms with van der Waals surface area (Å²) in [6.07, 6.45) is 0.645. The highest BCUT2D eigenvalue weighted by Gasteiger charge is 2.15. The van der Waals surface area contributed by atoms with Crippen LogP contribution in [0.5, 0.6) is 0 Å². The lowest BCUT2D eigenvalue weighted by atomic mass is 10.1. The molecule has 0 radical (unpaired) electrons. The summed E-state index contributed by atoms with van der Waals surface area (Å²) in [4.78, 5) is 11.0. The predicted octanol–water partition coefficient (Wildman–Crippen LogP) is 4.04. The standard InChI is InChI=1S/C19H16O4S/c1-14-2-9-18(10-3-14)24(21,22)13-15-4-6-16(7-5-15)19-11-8-17(12-20)23-19/h2-12H,13H2,1H3. The van der Waals surface area contributed by atoms with Crippen LogP contribution in [0.2, 0.25) is 0 Å². The van der Waals surface area contributed by atoms with Gasteiger partial charge in [0.25, 0.3) is 0 Å². The fourth-order valence-electron chi connectivity index (χ4n) is 2.38. The van der Waals surface area contributed by atoms with Gasteiger partial charge in [-0.3, -0.25) is 4.79 Å². The van der Waals surface area contributed by atoms with Gasteiger partial charge in [-0.2, -0.15) is 0 Å². The monoisotopic (exact) mass is 340 g/mol. The van der Waals surface area contributed by atoms with Crippen molar-refractivity contribution in [3.8, 4) is 11.3 Å². The summed E-state index contributed by atoms with van der Waals surface area (Å²) >= 11 is 0. The van der Waals surface area contributed by atoms with E-state index in [1.165, 1.54) is 0 Å². The lowest BCUT2D eigenvalue weighted by Crippen LogP contribution is -2.04. The fraction of sp³-hybridized carbons (Fsp3) is 0.105. The Morgan fingerprint density at radius 2 is 1.58 bits per heavy atom. The number of aldehydes is 1. The van der Waals surface area contributed by atoms with Crippen molar-refractivity contribution in [2.75, 3.05) is 0 Å². The van der Waals surface area contributed by atoms with Gasteiger partial charge in [0.05, 0.1) is 10.6 Å².